The number of imide groups is 1. The fraction of sp³-hybridized carbons (Fsp3) is 0.500. The van der Waals surface area contributed by atoms with Crippen molar-refractivity contribution >= 4 is 49.3 Å². The zero-order chi connectivity index (χ0) is 15.9. The highest BCUT2D eigenvalue weighted by Gasteiger charge is 2.40. The van der Waals surface area contributed by atoms with Gasteiger partial charge in [-0.1, -0.05) is 0 Å². The maximum atomic E-state index is 12.5. The number of thiophene rings is 1. The second kappa shape index (κ2) is 5.91. The molecule has 0 radical (unpaired) electrons. The summed E-state index contributed by atoms with van der Waals surface area (Å²) in [5, 5.41) is 0. The molecule has 0 N–H and O–H groups in total. The fourth-order valence-electron chi connectivity index (χ4n) is 2.62. The van der Waals surface area contributed by atoms with Crippen LogP contribution in [0.3, 0.4) is 0 Å². The first-order valence-electron chi connectivity index (χ1n) is 6.64. The number of hydrogen-bond acceptors (Lipinski definition) is 6. The van der Waals surface area contributed by atoms with E-state index in [-0.39, 0.29) is 35.9 Å². The first-order valence-corrected chi connectivity index (χ1v) is 9.69. The zero-order valence-electron chi connectivity index (χ0n) is 11.4. The Balaban J connectivity index is 1.69. The van der Waals surface area contributed by atoms with Crippen LogP contribution in [0.1, 0.15) is 12.8 Å². The minimum absolute atomic E-state index is 0.222. The second-order valence-electron chi connectivity index (χ2n) is 5.01. The average molecular weight is 409 g/mol. The van der Waals surface area contributed by atoms with E-state index in [2.05, 4.69) is 15.9 Å². The van der Waals surface area contributed by atoms with Crippen molar-refractivity contribution in [1.29, 1.82) is 0 Å². The van der Waals surface area contributed by atoms with Gasteiger partial charge in [0.2, 0.25) is 0 Å². The van der Waals surface area contributed by atoms with E-state index in [4.69, 9.17) is 4.74 Å². The molecule has 10 heteroatoms. The molecule has 0 saturated carbocycles. The monoisotopic (exact) mass is 408 g/mol. The van der Waals surface area contributed by atoms with Gasteiger partial charge in [-0.25, -0.2) is 18.1 Å². The Morgan fingerprint density at radius 3 is 2.41 bits per heavy atom. The lowest BCUT2D eigenvalue weighted by Gasteiger charge is -2.33. The molecule has 0 unspecified atom stereocenters. The van der Waals surface area contributed by atoms with Crippen molar-refractivity contribution in [3.05, 3.63) is 15.9 Å². The first-order chi connectivity index (χ1) is 10.4. The number of cyclic esters (lactones) is 1. The number of carbonyl (C=O) groups excluding carboxylic acids is 2. The fourth-order valence-corrected chi connectivity index (χ4v) is 6.26. The number of carbonyl (C=O) groups is 2. The molecule has 22 heavy (non-hydrogen) atoms. The smallest absolute Gasteiger partial charge is 0.417 e. The highest BCUT2D eigenvalue weighted by molar-refractivity contribution is 9.11. The van der Waals surface area contributed by atoms with Crippen molar-refractivity contribution in [2.24, 2.45) is 0 Å². The van der Waals surface area contributed by atoms with Crippen LogP contribution in [0.2, 0.25) is 0 Å². The van der Waals surface area contributed by atoms with E-state index >= 15 is 0 Å². The summed E-state index contributed by atoms with van der Waals surface area (Å²) >= 11 is 4.42. The lowest BCUT2D eigenvalue weighted by Crippen LogP contribution is -2.48. The number of amides is 2. The topological polar surface area (TPSA) is 84.0 Å². The summed E-state index contributed by atoms with van der Waals surface area (Å²) in [5.41, 5.74) is 0. The van der Waals surface area contributed by atoms with Crippen LogP contribution in [0.25, 0.3) is 0 Å². The largest absolute Gasteiger partial charge is 0.439 e. The quantitative estimate of drug-likeness (QED) is 0.758. The number of hydrogen-bond donors (Lipinski definition) is 0. The molecule has 7 nitrogen and oxygen atoms in total. The number of rotatable bonds is 3. The van der Waals surface area contributed by atoms with Gasteiger partial charge in [0.15, 0.2) is 6.61 Å². The molecule has 1 aromatic rings. The Morgan fingerprint density at radius 1 is 1.23 bits per heavy atom. The zero-order valence-corrected chi connectivity index (χ0v) is 14.6. The molecule has 0 atom stereocenters. The van der Waals surface area contributed by atoms with Crippen molar-refractivity contribution in [2.75, 3.05) is 19.7 Å². The Bertz CT molecular complexity index is 693. The van der Waals surface area contributed by atoms with E-state index in [0.717, 1.165) is 20.0 Å². The van der Waals surface area contributed by atoms with Gasteiger partial charge in [-0.15, -0.1) is 11.3 Å². The van der Waals surface area contributed by atoms with Gasteiger partial charge in [0.25, 0.3) is 15.9 Å². The van der Waals surface area contributed by atoms with Gasteiger partial charge in [-0.05, 0) is 40.9 Å². The third-order valence-corrected chi connectivity index (χ3v) is 7.71. The second-order valence-corrected chi connectivity index (χ2v) is 9.64. The van der Waals surface area contributed by atoms with E-state index in [0.29, 0.717) is 12.8 Å². The molecule has 2 aliphatic heterocycles. The van der Waals surface area contributed by atoms with Gasteiger partial charge in [0.1, 0.15) is 4.21 Å². The van der Waals surface area contributed by atoms with E-state index < -0.39 is 16.1 Å². The van der Waals surface area contributed by atoms with Crippen LogP contribution >= 0.6 is 27.3 Å². The van der Waals surface area contributed by atoms with Crippen LogP contribution in [-0.2, 0) is 19.6 Å². The van der Waals surface area contributed by atoms with Gasteiger partial charge in [-0.3, -0.25) is 4.79 Å². The summed E-state index contributed by atoms with van der Waals surface area (Å²) in [6.07, 6.45) is 0.215. The molecule has 2 aliphatic rings. The molecular formula is C12H13BrN2O5S2. The molecular weight excluding hydrogens is 396 g/mol. The van der Waals surface area contributed by atoms with E-state index in [1.54, 1.807) is 12.1 Å². The normalized spacial score (nSPS) is 21.4. The predicted octanol–water partition coefficient (Wildman–Crippen LogP) is 1.64. The summed E-state index contributed by atoms with van der Waals surface area (Å²) in [5.74, 6) is -0.353. The van der Waals surface area contributed by atoms with Crippen molar-refractivity contribution in [3.63, 3.8) is 0 Å². The maximum absolute atomic E-state index is 12.5. The molecule has 0 bridgehead atoms. The summed E-state index contributed by atoms with van der Waals surface area (Å²) in [6.45, 7) is 0.333. The summed E-state index contributed by atoms with van der Waals surface area (Å²) < 4.78 is 32.1. The first kappa shape index (κ1) is 15.9. The SMILES string of the molecule is O=C1COC(=O)N1C1CCN(S(=O)(=O)c2ccc(Br)s2)CC1. The van der Waals surface area contributed by atoms with Crippen molar-refractivity contribution in [1.82, 2.24) is 9.21 Å². The molecule has 0 aliphatic carbocycles. The lowest BCUT2D eigenvalue weighted by atomic mass is 10.1. The van der Waals surface area contributed by atoms with Crippen LogP contribution in [0.5, 0.6) is 0 Å². The van der Waals surface area contributed by atoms with E-state index in [1.165, 1.54) is 4.31 Å². The molecule has 2 amide bonds. The predicted molar refractivity (Wildman–Crippen MR) is 82.0 cm³/mol. The van der Waals surface area contributed by atoms with Crippen molar-refractivity contribution < 1.29 is 22.7 Å². The Hall–Kier alpha value is -0.970. The Morgan fingerprint density at radius 2 is 1.91 bits per heavy atom. The Labute approximate surface area is 140 Å². The number of ether oxygens (including phenoxy) is 1. The van der Waals surface area contributed by atoms with Crippen molar-refractivity contribution in [3.8, 4) is 0 Å². The third kappa shape index (κ3) is 2.80. The van der Waals surface area contributed by atoms with E-state index in [1.807, 2.05) is 0 Å². The van der Waals surface area contributed by atoms with Gasteiger partial charge >= 0.3 is 6.09 Å². The summed E-state index contributed by atoms with van der Waals surface area (Å²) in [4.78, 5) is 24.3. The minimum atomic E-state index is -3.51. The summed E-state index contributed by atoms with van der Waals surface area (Å²) in [6, 6.07) is 2.98. The molecule has 0 aromatic carbocycles. The molecule has 3 rings (SSSR count). The van der Waals surface area contributed by atoms with Gasteiger partial charge < -0.3 is 4.74 Å². The standard InChI is InChI=1S/C12H13BrN2O5S2/c13-9-1-2-11(21-9)22(18,19)14-5-3-8(4-6-14)15-10(16)7-20-12(15)17/h1-2,8H,3-7H2. The molecule has 1 aromatic heterocycles. The van der Waals surface area contributed by atoms with Gasteiger partial charge in [-0.2, -0.15) is 4.31 Å². The van der Waals surface area contributed by atoms with Crippen LogP contribution < -0.4 is 0 Å². The number of nitrogens with zero attached hydrogens (tertiary/aromatic N) is 2. The summed E-state index contributed by atoms with van der Waals surface area (Å²) in [7, 11) is -3.51. The van der Waals surface area contributed by atoms with Gasteiger partial charge in [0, 0.05) is 19.1 Å². The third-order valence-electron chi connectivity index (χ3n) is 3.72. The van der Waals surface area contributed by atoms with E-state index in [9.17, 15) is 18.0 Å². The molecule has 3 heterocycles. The van der Waals surface area contributed by atoms with Crippen LogP contribution in [0.15, 0.2) is 20.1 Å². The van der Waals surface area contributed by atoms with Crippen LogP contribution in [0.4, 0.5) is 4.79 Å². The lowest BCUT2D eigenvalue weighted by molar-refractivity contribution is -0.127. The van der Waals surface area contributed by atoms with Crippen LogP contribution in [0, 0.1) is 0 Å². The molecule has 120 valence electrons. The molecule has 0 spiro atoms. The highest BCUT2D eigenvalue weighted by Crippen LogP contribution is 2.30. The molecule has 2 saturated heterocycles. The molecule has 2 fully saturated rings. The number of sulfonamides is 1. The average Bonchev–Trinajstić information content (AvgIpc) is 3.06. The van der Waals surface area contributed by atoms with Gasteiger partial charge in [0.05, 0.1) is 3.79 Å². The van der Waals surface area contributed by atoms with Crippen molar-refractivity contribution in [2.45, 2.75) is 23.1 Å². The highest BCUT2D eigenvalue weighted by atomic mass is 79.9. The van der Waals surface area contributed by atoms with Crippen LogP contribution in [-0.4, -0.2) is 55.4 Å². The number of halogens is 1. The Kier molecular flexibility index (Phi) is 4.27. The maximum Gasteiger partial charge on any atom is 0.417 e. The minimum Gasteiger partial charge on any atom is -0.439 e. The number of piperidine rings is 1.